The van der Waals surface area contributed by atoms with Crippen LogP contribution in [0.2, 0.25) is 0 Å². The molecule has 0 unspecified atom stereocenters. The van der Waals surface area contributed by atoms with E-state index in [1.165, 1.54) is 7.11 Å². The monoisotopic (exact) mass is 389 g/mol. The lowest BCUT2D eigenvalue weighted by Gasteiger charge is -2.32. The molecule has 0 spiro atoms. The topological polar surface area (TPSA) is 88.6 Å². The molecule has 8 heteroatoms. The highest BCUT2D eigenvalue weighted by Crippen LogP contribution is 2.28. The summed E-state index contributed by atoms with van der Waals surface area (Å²) in [6, 6.07) is 9.95. The molecule has 3 rings (SSSR count). The average molecular weight is 389 g/mol. The maximum atomic E-state index is 12.8. The Bertz CT molecular complexity index is 879. The number of carbonyl (C=O) groups excluding carboxylic acids is 1. The van der Waals surface area contributed by atoms with Gasteiger partial charge in [-0.3, -0.25) is 4.98 Å². The Kier molecular flexibility index (Phi) is 5.95. The molecule has 2 amide bonds. The Balaban J connectivity index is 1.57. The van der Waals surface area contributed by atoms with Crippen LogP contribution < -0.4 is 10.1 Å². The molecule has 7 nitrogen and oxygen atoms in total. The molecule has 27 heavy (non-hydrogen) atoms. The zero-order valence-corrected chi connectivity index (χ0v) is 16.0. The molecule has 2 aromatic rings. The molecule has 1 aromatic heterocycles. The van der Waals surface area contributed by atoms with Gasteiger partial charge in [0, 0.05) is 31.2 Å². The Labute approximate surface area is 159 Å². The van der Waals surface area contributed by atoms with E-state index in [0.717, 1.165) is 0 Å². The molecule has 0 bridgehead atoms. The highest BCUT2D eigenvalue weighted by atomic mass is 32.2. The first kappa shape index (κ1) is 19.2. The van der Waals surface area contributed by atoms with E-state index in [9.17, 15) is 13.2 Å². The number of likely N-dealkylation sites (tertiary alicyclic amines) is 1. The van der Waals surface area contributed by atoms with Crippen LogP contribution >= 0.6 is 0 Å². The Hall–Kier alpha value is -2.61. The van der Waals surface area contributed by atoms with Gasteiger partial charge in [-0.1, -0.05) is 12.1 Å². The van der Waals surface area contributed by atoms with E-state index in [0.29, 0.717) is 37.4 Å². The molecule has 0 radical (unpaired) electrons. The standard InChI is InChI=1S/C19H23N3O4S/c1-26-17-4-2-3-5-18(17)27(24,25)14-15-8-12-22(13-9-15)19(23)21-16-6-10-20-11-7-16/h2-7,10-11,15H,8-9,12-14H2,1H3,(H,20,21,23). The Morgan fingerprint density at radius 1 is 1.19 bits per heavy atom. The molecule has 0 atom stereocenters. The number of hydrogen-bond acceptors (Lipinski definition) is 5. The molecule has 1 aliphatic heterocycles. The zero-order valence-electron chi connectivity index (χ0n) is 15.2. The number of nitrogens with zero attached hydrogens (tertiary/aromatic N) is 2. The fourth-order valence-corrected chi connectivity index (χ4v) is 5.09. The summed E-state index contributed by atoms with van der Waals surface area (Å²) in [4.78, 5) is 18.2. The second-order valence-corrected chi connectivity index (χ2v) is 8.53. The maximum Gasteiger partial charge on any atom is 0.321 e. The van der Waals surface area contributed by atoms with Crippen LogP contribution in [0.5, 0.6) is 5.75 Å². The molecular weight excluding hydrogens is 366 g/mol. The number of ether oxygens (including phenoxy) is 1. The van der Waals surface area contributed by atoms with Crippen molar-refractivity contribution in [3.8, 4) is 5.75 Å². The lowest BCUT2D eigenvalue weighted by atomic mass is 9.99. The Morgan fingerprint density at radius 3 is 2.52 bits per heavy atom. The number of methoxy groups -OCH3 is 1. The highest BCUT2D eigenvalue weighted by molar-refractivity contribution is 7.91. The van der Waals surface area contributed by atoms with E-state index >= 15 is 0 Å². The van der Waals surface area contributed by atoms with Gasteiger partial charge in [0.25, 0.3) is 0 Å². The van der Waals surface area contributed by atoms with Crippen LogP contribution in [-0.2, 0) is 9.84 Å². The third-order valence-electron chi connectivity index (χ3n) is 4.69. The first-order chi connectivity index (χ1) is 13.0. The number of nitrogens with one attached hydrogen (secondary N) is 1. The van der Waals surface area contributed by atoms with Crippen molar-refractivity contribution in [3.05, 3.63) is 48.8 Å². The predicted octanol–water partition coefficient (Wildman–Crippen LogP) is 2.81. The molecule has 1 saturated heterocycles. The lowest BCUT2D eigenvalue weighted by Crippen LogP contribution is -2.42. The van der Waals surface area contributed by atoms with E-state index in [4.69, 9.17) is 4.74 Å². The first-order valence-corrected chi connectivity index (χ1v) is 10.5. The number of para-hydroxylation sites is 1. The van der Waals surface area contributed by atoms with Gasteiger partial charge in [-0.2, -0.15) is 0 Å². The molecule has 0 saturated carbocycles. The summed E-state index contributed by atoms with van der Waals surface area (Å²) in [7, 11) is -1.97. The van der Waals surface area contributed by atoms with Crippen molar-refractivity contribution in [2.45, 2.75) is 17.7 Å². The fourth-order valence-electron chi connectivity index (χ4n) is 3.22. The van der Waals surface area contributed by atoms with Gasteiger partial charge >= 0.3 is 6.03 Å². The average Bonchev–Trinajstić information content (AvgIpc) is 2.69. The number of carbonyl (C=O) groups is 1. The van der Waals surface area contributed by atoms with Crippen molar-refractivity contribution in [1.29, 1.82) is 0 Å². The number of aromatic nitrogens is 1. The minimum absolute atomic E-state index is 0.0184. The number of rotatable bonds is 5. The van der Waals surface area contributed by atoms with Crippen LogP contribution in [0.1, 0.15) is 12.8 Å². The highest BCUT2D eigenvalue weighted by Gasteiger charge is 2.28. The summed E-state index contributed by atoms with van der Waals surface area (Å²) in [5, 5.41) is 2.83. The zero-order chi connectivity index (χ0) is 19.3. The van der Waals surface area contributed by atoms with Crippen LogP contribution in [0.3, 0.4) is 0 Å². The number of sulfone groups is 1. The largest absolute Gasteiger partial charge is 0.495 e. The molecule has 1 aliphatic rings. The number of amides is 2. The number of anilines is 1. The van der Waals surface area contributed by atoms with Crippen LogP contribution in [0.25, 0.3) is 0 Å². The number of piperidine rings is 1. The second-order valence-electron chi connectivity index (χ2n) is 6.53. The summed E-state index contributed by atoms with van der Waals surface area (Å²) in [6.07, 6.45) is 4.53. The van der Waals surface area contributed by atoms with Crippen molar-refractivity contribution in [2.75, 3.05) is 31.3 Å². The molecule has 1 N–H and O–H groups in total. The van der Waals surface area contributed by atoms with Crippen molar-refractivity contribution < 1.29 is 17.9 Å². The number of hydrogen-bond donors (Lipinski definition) is 1. The fraction of sp³-hybridized carbons (Fsp3) is 0.368. The minimum atomic E-state index is -3.44. The number of urea groups is 1. The van der Waals surface area contributed by atoms with Crippen LogP contribution in [0.15, 0.2) is 53.7 Å². The normalized spacial score (nSPS) is 15.4. The van der Waals surface area contributed by atoms with Gasteiger partial charge in [0.05, 0.1) is 12.9 Å². The third kappa shape index (κ3) is 4.77. The van der Waals surface area contributed by atoms with Crippen LogP contribution in [0.4, 0.5) is 10.5 Å². The SMILES string of the molecule is COc1ccccc1S(=O)(=O)CC1CCN(C(=O)Nc2ccncc2)CC1. The maximum absolute atomic E-state index is 12.8. The number of pyridine rings is 1. The van der Waals surface area contributed by atoms with Gasteiger partial charge in [-0.15, -0.1) is 0 Å². The van der Waals surface area contributed by atoms with Gasteiger partial charge in [0.15, 0.2) is 9.84 Å². The summed E-state index contributed by atoms with van der Waals surface area (Å²) in [5.74, 6) is 0.448. The van der Waals surface area contributed by atoms with E-state index in [-0.39, 0.29) is 22.6 Å². The summed E-state index contributed by atoms with van der Waals surface area (Å²) in [6.45, 7) is 1.06. The molecule has 144 valence electrons. The lowest BCUT2D eigenvalue weighted by molar-refractivity contribution is 0.187. The van der Waals surface area contributed by atoms with Gasteiger partial charge in [-0.05, 0) is 43.0 Å². The number of benzene rings is 1. The van der Waals surface area contributed by atoms with Crippen LogP contribution in [-0.4, -0.2) is 50.3 Å². The van der Waals surface area contributed by atoms with Gasteiger partial charge < -0.3 is 15.0 Å². The molecule has 1 aromatic carbocycles. The minimum Gasteiger partial charge on any atom is -0.495 e. The van der Waals surface area contributed by atoms with E-state index in [1.807, 2.05) is 0 Å². The first-order valence-electron chi connectivity index (χ1n) is 8.81. The summed E-state index contributed by atoms with van der Waals surface area (Å²) >= 11 is 0. The smallest absolute Gasteiger partial charge is 0.321 e. The van der Waals surface area contributed by atoms with Gasteiger partial charge in [-0.25, -0.2) is 13.2 Å². The Morgan fingerprint density at radius 2 is 1.85 bits per heavy atom. The summed E-state index contributed by atoms with van der Waals surface area (Å²) in [5.41, 5.74) is 0.691. The van der Waals surface area contributed by atoms with Crippen molar-refractivity contribution in [3.63, 3.8) is 0 Å². The molecule has 1 fully saturated rings. The quantitative estimate of drug-likeness (QED) is 0.849. The summed E-state index contributed by atoms with van der Waals surface area (Å²) < 4.78 is 30.7. The van der Waals surface area contributed by atoms with Crippen molar-refractivity contribution in [1.82, 2.24) is 9.88 Å². The van der Waals surface area contributed by atoms with E-state index in [2.05, 4.69) is 10.3 Å². The van der Waals surface area contributed by atoms with Crippen molar-refractivity contribution in [2.24, 2.45) is 5.92 Å². The van der Waals surface area contributed by atoms with Gasteiger partial charge in [0.1, 0.15) is 10.6 Å². The molecule has 0 aliphatic carbocycles. The molecule has 2 heterocycles. The third-order valence-corrected chi connectivity index (χ3v) is 6.61. The van der Waals surface area contributed by atoms with Crippen molar-refractivity contribution >= 4 is 21.6 Å². The van der Waals surface area contributed by atoms with Gasteiger partial charge in [0.2, 0.25) is 0 Å². The predicted molar refractivity (Wildman–Crippen MR) is 103 cm³/mol. The molecular formula is C19H23N3O4S. The van der Waals surface area contributed by atoms with E-state index in [1.54, 1.807) is 53.7 Å². The van der Waals surface area contributed by atoms with E-state index < -0.39 is 9.84 Å². The van der Waals surface area contributed by atoms with Crippen LogP contribution in [0, 0.1) is 5.92 Å². The second kappa shape index (κ2) is 8.39.